The smallest absolute Gasteiger partial charge is 0.220 e. The van der Waals surface area contributed by atoms with Crippen molar-refractivity contribution in [1.29, 1.82) is 0 Å². The lowest BCUT2D eigenvalue weighted by molar-refractivity contribution is -0.121. The molecule has 1 N–H and O–H groups in total. The Morgan fingerprint density at radius 2 is 2.35 bits per heavy atom. The van der Waals surface area contributed by atoms with Crippen LogP contribution in [0.5, 0.6) is 0 Å². The first-order valence-electron chi connectivity index (χ1n) is 8.42. The number of aromatic nitrogens is 1. The minimum absolute atomic E-state index is 0.0807. The zero-order chi connectivity index (χ0) is 16.2. The highest BCUT2D eigenvalue weighted by molar-refractivity contribution is 5.77. The lowest BCUT2D eigenvalue weighted by Gasteiger charge is -2.29. The molecule has 0 aliphatic carbocycles. The van der Waals surface area contributed by atoms with Crippen LogP contribution < -0.4 is 5.32 Å². The second-order valence-corrected chi connectivity index (χ2v) is 6.62. The molecule has 0 saturated carbocycles. The topological polar surface area (TPSA) is 58.4 Å². The third-order valence-electron chi connectivity index (χ3n) is 4.60. The first-order chi connectivity index (χ1) is 11.1. The van der Waals surface area contributed by atoms with Gasteiger partial charge in [0.1, 0.15) is 5.52 Å². The first-order valence-corrected chi connectivity index (χ1v) is 8.42. The number of fused-ring (bicyclic) bond motifs is 1. The average Bonchev–Trinajstić information content (AvgIpc) is 2.96. The number of hydrogen-bond donors (Lipinski definition) is 1. The van der Waals surface area contributed by atoms with Crippen LogP contribution in [-0.4, -0.2) is 35.9 Å². The summed E-state index contributed by atoms with van der Waals surface area (Å²) in [6.45, 7) is 4.66. The van der Waals surface area contributed by atoms with Gasteiger partial charge in [-0.3, -0.25) is 4.79 Å². The molecule has 0 spiro atoms. The highest BCUT2D eigenvalue weighted by Gasteiger charge is 2.18. The van der Waals surface area contributed by atoms with Gasteiger partial charge in [0.25, 0.3) is 0 Å². The molecule has 2 heterocycles. The van der Waals surface area contributed by atoms with Crippen molar-refractivity contribution in [1.82, 2.24) is 15.2 Å². The Morgan fingerprint density at radius 3 is 3.13 bits per heavy atom. The summed E-state index contributed by atoms with van der Waals surface area (Å²) < 4.78 is 5.68. The third kappa shape index (κ3) is 4.10. The van der Waals surface area contributed by atoms with Crippen LogP contribution in [0.1, 0.15) is 37.1 Å². The number of carbonyl (C=O) groups excluding carboxylic acids is 1. The van der Waals surface area contributed by atoms with Crippen LogP contribution in [0.2, 0.25) is 0 Å². The highest BCUT2D eigenvalue weighted by Crippen LogP contribution is 2.20. The molecule has 5 nitrogen and oxygen atoms in total. The molecule has 0 bridgehead atoms. The number of oxazole rings is 1. The van der Waals surface area contributed by atoms with E-state index in [9.17, 15) is 4.79 Å². The van der Waals surface area contributed by atoms with Crippen molar-refractivity contribution >= 4 is 17.0 Å². The van der Waals surface area contributed by atoms with Crippen molar-refractivity contribution in [3.63, 3.8) is 0 Å². The predicted octanol–water partition coefficient (Wildman–Crippen LogP) is 2.87. The second kappa shape index (κ2) is 7.13. The summed E-state index contributed by atoms with van der Waals surface area (Å²) >= 11 is 0. The molecule has 23 heavy (non-hydrogen) atoms. The van der Waals surface area contributed by atoms with Crippen molar-refractivity contribution in [3.8, 4) is 0 Å². The third-order valence-corrected chi connectivity index (χ3v) is 4.60. The van der Waals surface area contributed by atoms with E-state index < -0.39 is 0 Å². The van der Waals surface area contributed by atoms with Gasteiger partial charge in [-0.25, -0.2) is 4.98 Å². The molecule has 1 aliphatic heterocycles. The fourth-order valence-corrected chi connectivity index (χ4v) is 3.31. The quantitative estimate of drug-likeness (QED) is 0.922. The second-order valence-electron chi connectivity index (χ2n) is 6.62. The number of piperidine rings is 1. The van der Waals surface area contributed by atoms with E-state index in [-0.39, 0.29) is 5.91 Å². The maximum atomic E-state index is 12.0. The molecule has 124 valence electrons. The minimum Gasteiger partial charge on any atom is -0.439 e. The maximum Gasteiger partial charge on any atom is 0.220 e. The summed E-state index contributed by atoms with van der Waals surface area (Å²) in [4.78, 5) is 18.8. The van der Waals surface area contributed by atoms with Gasteiger partial charge in [0, 0.05) is 13.0 Å². The molecule has 1 fully saturated rings. The predicted molar refractivity (Wildman–Crippen MR) is 90.0 cm³/mol. The largest absolute Gasteiger partial charge is 0.439 e. The number of benzene rings is 1. The van der Waals surface area contributed by atoms with Crippen LogP contribution in [-0.2, 0) is 11.3 Å². The van der Waals surface area contributed by atoms with Gasteiger partial charge in [-0.05, 0) is 57.3 Å². The molecule has 1 unspecified atom stereocenters. The molecular weight excluding hydrogens is 290 g/mol. The number of para-hydroxylation sites is 1. The summed E-state index contributed by atoms with van der Waals surface area (Å²) in [6.07, 6.45) is 4.02. The molecule has 3 rings (SSSR count). The van der Waals surface area contributed by atoms with E-state index >= 15 is 0 Å². The Bertz CT molecular complexity index is 680. The molecule has 0 radical (unpaired) electrons. The van der Waals surface area contributed by atoms with E-state index in [0.717, 1.165) is 29.6 Å². The van der Waals surface area contributed by atoms with Crippen molar-refractivity contribution in [2.24, 2.45) is 5.92 Å². The fourth-order valence-electron chi connectivity index (χ4n) is 3.31. The number of carbonyl (C=O) groups is 1. The van der Waals surface area contributed by atoms with Crippen molar-refractivity contribution in [2.75, 3.05) is 20.1 Å². The number of aryl methyl sites for hydroxylation is 1. The van der Waals surface area contributed by atoms with Gasteiger partial charge >= 0.3 is 0 Å². The summed E-state index contributed by atoms with van der Waals surface area (Å²) in [7, 11) is 2.15. The van der Waals surface area contributed by atoms with Crippen LogP contribution in [0.15, 0.2) is 22.6 Å². The standard InChI is InChI=1S/C18H25N3O2/c1-13-5-3-7-15-18(13)20-17(23-15)11-19-16(22)9-8-14-6-4-10-21(2)12-14/h3,5,7,14H,4,6,8-12H2,1-2H3,(H,19,22). The maximum absolute atomic E-state index is 12.0. The highest BCUT2D eigenvalue weighted by atomic mass is 16.3. The van der Waals surface area contributed by atoms with Crippen molar-refractivity contribution in [3.05, 3.63) is 29.7 Å². The van der Waals surface area contributed by atoms with Gasteiger partial charge in [0.2, 0.25) is 11.8 Å². The molecule has 2 aromatic rings. The zero-order valence-corrected chi connectivity index (χ0v) is 14.0. The molecule has 1 aromatic heterocycles. The van der Waals surface area contributed by atoms with E-state index in [1.54, 1.807) is 0 Å². The first kappa shape index (κ1) is 16.0. The lowest BCUT2D eigenvalue weighted by Crippen LogP contribution is -2.33. The summed E-state index contributed by atoms with van der Waals surface area (Å²) in [5, 5.41) is 2.92. The van der Waals surface area contributed by atoms with Crippen LogP contribution >= 0.6 is 0 Å². The number of hydrogen-bond acceptors (Lipinski definition) is 4. The molecule has 1 atom stereocenters. The van der Waals surface area contributed by atoms with E-state index in [4.69, 9.17) is 4.42 Å². The van der Waals surface area contributed by atoms with Crippen molar-refractivity contribution in [2.45, 2.75) is 39.2 Å². The van der Waals surface area contributed by atoms with Gasteiger partial charge in [-0.2, -0.15) is 0 Å². The summed E-state index contributed by atoms with van der Waals surface area (Å²) in [6, 6.07) is 5.86. The zero-order valence-electron chi connectivity index (χ0n) is 14.0. The Labute approximate surface area is 137 Å². The Kier molecular flexibility index (Phi) is 4.96. The molecule has 1 aliphatic rings. The molecule has 5 heteroatoms. The SMILES string of the molecule is Cc1cccc2oc(CNC(=O)CCC3CCCN(C)C3)nc12. The average molecular weight is 315 g/mol. The molecular formula is C18H25N3O2. The summed E-state index contributed by atoms with van der Waals surface area (Å²) in [5.41, 5.74) is 2.74. The lowest BCUT2D eigenvalue weighted by atomic mass is 9.93. The number of likely N-dealkylation sites (tertiary alicyclic amines) is 1. The molecule has 1 aromatic carbocycles. The Hall–Kier alpha value is -1.88. The monoisotopic (exact) mass is 315 g/mol. The number of nitrogens with zero attached hydrogens (tertiary/aromatic N) is 2. The van der Waals surface area contributed by atoms with Gasteiger partial charge in [0.05, 0.1) is 6.54 Å². The van der Waals surface area contributed by atoms with Crippen LogP contribution in [0, 0.1) is 12.8 Å². The van der Waals surface area contributed by atoms with Crippen molar-refractivity contribution < 1.29 is 9.21 Å². The van der Waals surface area contributed by atoms with Gasteiger partial charge in [0.15, 0.2) is 5.58 Å². The fraction of sp³-hybridized carbons (Fsp3) is 0.556. The molecule has 1 saturated heterocycles. The van der Waals surface area contributed by atoms with Crippen LogP contribution in [0.25, 0.3) is 11.1 Å². The molecule has 1 amide bonds. The van der Waals surface area contributed by atoms with Crippen LogP contribution in [0.4, 0.5) is 0 Å². The number of amides is 1. The van der Waals surface area contributed by atoms with Gasteiger partial charge in [-0.15, -0.1) is 0 Å². The normalized spacial score (nSPS) is 19.1. The van der Waals surface area contributed by atoms with Crippen LogP contribution in [0.3, 0.4) is 0 Å². The minimum atomic E-state index is 0.0807. The summed E-state index contributed by atoms with van der Waals surface area (Å²) in [5.74, 6) is 1.30. The van der Waals surface area contributed by atoms with Gasteiger partial charge in [-0.1, -0.05) is 12.1 Å². The van der Waals surface area contributed by atoms with Gasteiger partial charge < -0.3 is 14.6 Å². The number of nitrogens with one attached hydrogen (secondary N) is 1. The van der Waals surface area contributed by atoms with E-state index in [1.807, 2.05) is 25.1 Å². The van der Waals surface area contributed by atoms with E-state index in [0.29, 0.717) is 24.8 Å². The number of rotatable bonds is 5. The van der Waals surface area contributed by atoms with E-state index in [2.05, 4.69) is 22.2 Å². The Balaban J connectivity index is 1.47. The Morgan fingerprint density at radius 1 is 1.48 bits per heavy atom. The van der Waals surface area contributed by atoms with E-state index in [1.165, 1.54) is 19.4 Å².